The molecule has 1 saturated carbocycles. The second kappa shape index (κ2) is 5.47. The fourth-order valence-corrected chi connectivity index (χ4v) is 2.83. The van der Waals surface area contributed by atoms with Crippen LogP contribution in [0.1, 0.15) is 17.7 Å². The summed E-state index contributed by atoms with van der Waals surface area (Å²) in [4.78, 5) is 20.8. The van der Waals surface area contributed by atoms with Crippen LogP contribution < -0.4 is 5.32 Å². The van der Waals surface area contributed by atoms with Crippen molar-refractivity contribution in [2.45, 2.75) is 19.4 Å². The molecule has 7 heteroatoms. The Labute approximate surface area is 124 Å². The molecule has 0 aliphatic heterocycles. The van der Waals surface area contributed by atoms with Crippen LogP contribution in [0.2, 0.25) is 5.02 Å². The number of carbonyl (C=O) groups excluding carboxylic acids is 1. The number of aliphatic hydroxyl groups excluding tert-OH is 1. The van der Waals surface area contributed by atoms with Gasteiger partial charge >= 0.3 is 0 Å². The molecular formula is C13H12ClN3O2S. The zero-order valence-corrected chi connectivity index (χ0v) is 12.0. The minimum atomic E-state index is -0.0434. The van der Waals surface area contributed by atoms with Crippen molar-refractivity contribution in [1.82, 2.24) is 9.97 Å². The summed E-state index contributed by atoms with van der Waals surface area (Å²) in [6.07, 6.45) is 5.09. The molecule has 2 aromatic heterocycles. The lowest BCUT2D eigenvalue weighted by atomic mass is 10.3. The van der Waals surface area contributed by atoms with Crippen LogP contribution in [0.3, 0.4) is 0 Å². The number of rotatable bonds is 4. The first-order valence-electron chi connectivity index (χ1n) is 6.19. The third-order valence-electron chi connectivity index (χ3n) is 2.99. The van der Waals surface area contributed by atoms with Gasteiger partial charge < -0.3 is 10.4 Å². The summed E-state index contributed by atoms with van der Waals surface area (Å²) in [7, 11) is 0. The third-order valence-corrected chi connectivity index (χ3v) is 4.32. The van der Waals surface area contributed by atoms with E-state index in [9.17, 15) is 4.79 Å². The molecule has 0 atom stereocenters. The molecule has 104 valence electrons. The highest BCUT2D eigenvalue weighted by Crippen LogP contribution is 2.33. The number of nitrogens with one attached hydrogen (secondary N) is 1. The van der Waals surface area contributed by atoms with E-state index in [1.165, 1.54) is 11.3 Å². The zero-order valence-electron chi connectivity index (χ0n) is 10.5. The fraction of sp³-hybridized carbons (Fsp3) is 0.308. The van der Waals surface area contributed by atoms with Gasteiger partial charge in [0.25, 0.3) is 0 Å². The van der Waals surface area contributed by atoms with E-state index in [-0.39, 0.29) is 18.4 Å². The summed E-state index contributed by atoms with van der Waals surface area (Å²) >= 11 is 7.57. The number of nitrogens with zero attached hydrogens (tertiary/aromatic N) is 2. The molecule has 1 amide bonds. The molecule has 0 spiro atoms. The van der Waals surface area contributed by atoms with E-state index >= 15 is 0 Å². The van der Waals surface area contributed by atoms with Crippen LogP contribution in [-0.2, 0) is 11.4 Å². The number of aromatic nitrogens is 2. The van der Waals surface area contributed by atoms with Crippen LogP contribution in [0.15, 0.2) is 18.5 Å². The van der Waals surface area contributed by atoms with Crippen molar-refractivity contribution >= 4 is 34.7 Å². The Hall–Kier alpha value is -1.50. The van der Waals surface area contributed by atoms with Crippen molar-refractivity contribution < 1.29 is 9.90 Å². The van der Waals surface area contributed by atoms with Gasteiger partial charge in [0.1, 0.15) is 10.8 Å². The smallest absolute Gasteiger partial charge is 0.228 e. The van der Waals surface area contributed by atoms with Gasteiger partial charge in [-0.1, -0.05) is 11.6 Å². The minimum Gasteiger partial charge on any atom is -0.391 e. The standard InChI is InChI=1S/C13H12ClN3O2S/c14-10-3-11(17-12(19)7-1-2-7)15-5-9(10)13-16-4-8(6-18)20-13/h3-5,7,18H,1-2,6H2,(H,15,17,19). The van der Waals surface area contributed by atoms with E-state index in [4.69, 9.17) is 16.7 Å². The third kappa shape index (κ3) is 2.82. The lowest BCUT2D eigenvalue weighted by Gasteiger charge is -2.05. The van der Waals surface area contributed by atoms with Gasteiger partial charge in [0.2, 0.25) is 5.91 Å². The Balaban J connectivity index is 1.81. The summed E-state index contributed by atoms with van der Waals surface area (Å²) in [5, 5.41) is 13.0. The maximum atomic E-state index is 11.7. The van der Waals surface area contributed by atoms with E-state index in [0.717, 1.165) is 17.7 Å². The van der Waals surface area contributed by atoms with Crippen molar-refractivity contribution in [2.75, 3.05) is 5.32 Å². The maximum absolute atomic E-state index is 11.7. The summed E-state index contributed by atoms with van der Waals surface area (Å²) in [6.45, 7) is -0.0434. The Kier molecular flexibility index (Phi) is 3.69. The average molecular weight is 310 g/mol. The summed E-state index contributed by atoms with van der Waals surface area (Å²) < 4.78 is 0. The Morgan fingerprint density at radius 1 is 1.45 bits per heavy atom. The number of hydrogen-bond acceptors (Lipinski definition) is 5. The molecule has 1 aliphatic carbocycles. The van der Waals surface area contributed by atoms with E-state index in [1.807, 2.05) is 0 Å². The topological polar surface area (TPSA) is 75.1 Å². The van der Waals surface area contributed by atoms with E-state index in [2.05, 4.69) is 15.3 Å². The average Bonchev–Trinajstić information content (AvgIpc) is 3.18. The number of halogens is 1. The lowest BCUT2D eigenvalue weighted by molar-refractivity contribution is -0.117. The largest absolute Gasteiger partial charge is 0.391 e. The molecule has 3 rings (SSSR count). The quantitative estimate of drug-likeness (QED) is 0.910. The molecule has 2 N–H and O–H groups in total. The molecule has 0 radical (unpaired) electrons. The molecule has 2 aromatic rings. The molecular weight excluding hydrogens is 298 g/mol. The monoisotopic (exact) mass is 309 g/mol. The van der Waals surface area contributed by atoms with E-state index in [0.29, 0.717) is 21.4 Å². The van der Waals surface area contributed by atoms with Crippen molar-refractivity contribution in [3.63, 3.8) is 0 Å². The number of pyridine rings is 1. The molecule has 0 bridgehead atoms. The molecule has 1 fully saturated rings. The zero-order chi connectivity index (χ0) is 14.1. The van der Waals surface area contributed by atoms with Crippen LogP contribution in [0.25, 0.3) is 10.6 Å². The SMILES string of the molecule is O=C(Nc1cc(Cl)c(-c2ncc(CO)s2)cn1)C1CC1. The number of amides is 1. The first-order valence-corrected chi connectivity index (χ1v) is 7.39. The highest BCUT2D eigenvalue weighted by molar-refractivity contribution is 7.15. The number of carbonyl (C=O) groups is 1. The minimum absolute atomic E-state index is 0.00173. The highest BCUT2D eigenvalue weighted by Gasteiger charge is 2.29. The highest BCUT2D eigenvalue weighted by atomic mass is 35.5. The van der Waals surface area contributed by atoms with Gasteiger partial charge in [0.15, 0.2) is 0 Å². The van der Waals surface area contributed by atoms with Gasteiger partial charge in [-0.15, -0.1) is 11.3 Å². The Morgan fingerprint density at radius 2 is 2.25 bits per heavy atom. The van der Waals surface area contributed by atoms with Gasteiger partial charge in [-0.3, -0.25) is 4.79 Å². The maximum Gasteiger partial charge on any atom is 0.228 e. The molecule has 0 unspecified atom stereocenters. The summed E-state index contributed by atoms with van der Waals surface area (Å²) in [5.74, 6) is 0.578. The first kappa shape index (κ1) is 13.5. The first-order chi connectivity index (χ1) is 9.67. The van der Waals surface area contributed by atoms with E-state index < -0.39 is 0 Å². The lowest BCUT2D eigenvalue weighted by Crippen LogP contribution is -2.14. The van der Waals surface area contributed by atoms with Gasteiger partial charge in [-0.25, -0.2) is 9.97 Å². The molecule has 20 heavy (non-hydrogen) atoms. The molecule has 0 aromatic carbocycles. The van der Waals surface area contributed by atoms with Gasteiger partial charge in [0, 0.05) is 29.9 Å². The van der Waals surface area contributed by atoms with Crippen molar-refractivity contribution in [1.29, 1.82) is 0 Å². The number of hydrogen-bond donors (Lipinski definition) is 2. The Bertz CT molecular complexity index is 655. The van der Waals surface area contributed by atoms with Crippen LogP contribution in [0, 0.1) is 5.92 Å². The van der Waals surface area contributed by atoms with Gasteiger partial charge in [-0.05, 0) is 12.8 Å². The predicted octanol–water partition coefficient (Wildman–Crippen LogP) is 2.70. The van der Waals surface area contributed by atoms with E-state index in [1.54, 1.807) is 18.5 Å². The molecule has 5 nitrogen and oxygen atoms in total. The van der Waals surface area contributed by atoms with Crippen LogP contribution in [0.4, 0.5) is 5.82 Å². The van der Waals surface area contributed by atoms with Crippen LogP contribution >= 0.6 is 22.9 Å². The molecule has 0 saturated heterocycles. The Morgan fingerprint density at radius 3 is 2.85 bits per heavy atom. The van der Waals surface area contributed by atoms with Gasteiger partial charge in [0.05, 0.1) is 16.5 Å². The summed E-state index contributed by atoms with van der Waals surface area (Å²) in [6, 6.07) is 1.62. The van der Waals surface area contributed by atoms with Crippen LogP contribution in [-0.4, -0.2) is 21.0 Å². The van der Waals surface area contributed by atoms with Crippen molar-refractivity contribution in [3.8, 4) is 10.6 Å². The second-order valence-corrected chi connectivity index (χ2v) is 6.13. The van der Waals surface area contributed by atoms with Gasteiger partial charge in [-0.2, -0.15) is 0 Å². The number of aliphatic hydroxyl groups is 1. The fourth-order valence-electron chi connectivity index (χ4n) is 1.74. The normalized spacial score (nSPS) is 14.3. The van der Waals surface area contributed by atoms with Crippen molar-refractivity contribution in [2.24, 2.45) is 5.92 Å². The number of thiazole rings is 1. The number of anilines is 1. The molecule has 2 heterocycles. The van der Waals surface area contributed by atoms with Crippen LogP contribution in [0.5, 0.6) is 0 Å². The second-order valence-electron chi connectivity index (χ2n) is 4.60. The predicted molar refractivity (Wildman–Crippen MR) is 77.6 cm³/mol. The van der Waals surface area contributed by atoms with Crippen molar-refractivity contribution in [3.05, 3.63) is 28.4 Å². The summed E-state index contributed by atoms with van der Waals surface area (Å²) in [5.41, 5.74) is 0.695. The molecule has 1 aliphatic rings.